The number of primary amides is 1. The summed E-state index contributed by atoms with van der Waals surface area (Å²) in [4.78, 5) is 22.2. The molecule has 0 spiro atoms. The molecule has 0 fully saturated rings. The van der Waals surface area contributed by atoms with Crippen molar-refractivity contribution in [2.24, 2.45) is 5.73 Å². The maximum atomic E-state index is 11.7. The lowest BCUT2D eigenvalue weighted by atomic mass is 10.2. The summed E-state index contributed by atoms with van der Waals surface area (Å²) in [5.41, 5.74) is 5.24. The van der Waals surface area contributed by atoms with Crippen LogP contribution in [0.15, 0.2) is 24.3 Å². The number of hydroxylamine groups is 2. The average Bonchev–Trinajstić information content (AvgIpc) is 2.38. The summed E-state index contributed by atoms with van der Waals surface area (Å²) in [6, 6.07) is 5.66. The third-order valence-corrected chi connectivity index (χ3v) is 2.20. The molecule has 4 N–H and O–H groups in total. The van der Waals surface area contributed by atoms with Crippen LogP contribution >= 0.6 is 0 Å². The van der Waals surface area contributed by atoms with E-state index in [2.05, 4.69) is 5.32 Å². The number of nitrogens with zero attached hydrogens (tertiary/aromatic N) is 1. The molecule has 3 amide bonds. The molecular weight excluding hydrogens is 238 g/mol. The zero-order chi connectivity index (χ0) is 13.5. The van der Waals surface area contributed by atoms with Gasteiger partial charge in [-0.15, -0.1) is 0 Å². The Labute approximate surface area is 104 Å². The smallest absolute Gasteiger partial charge is 0.338 e. The standard InChI is InChI=1S/C11H15N3O4/c1-18-9-4-2-3-8(7-9)10(15)13-5-6-14(17)11(12)16/h2-4,7,17H,5-6H2,1H3,(H2,12,16)(H,13,15). The summed E-state index contributed by atoms with van der Waals surface area (Å²) in [7, 11) is 1.51. The lowest BCUT2D eigenvalue weighted by Gasteiger charge is -2.12. The number of benzene rings is 1. The summed E-state index contributed by atoms with van der Waals surface area (Å²) in [5.74, 6) is 0.246. The summed E-state index contributed by atoms with van der Waals surface area (Å²) < 4.78 is 4.99. The molecule has 1 rings (SSSR count). The maximum absolute atomic E-state index is 11.7. The lowest BCUT2D eigenvalue weighted by Crippen LogP contribution is -2.39. The van der Waals surface area contributed by atoms with Crippen molar-refractivity contribution >= 4 is 11.9 Å². The molecule has 0 unspecified atom stereocenters. The van der Waals surface area contributed by atoms with E-state index in [1.165, 1.54) is 7.11 Å². The van der Waals surface area contributed by atoms with E-state index in [0.29, 0.717) is 16.4 Å². The Bertz CT molecular complexity index is 436. The summed E-state index contributed by atoms with van der Waals surface area (Å²) in [6.45, 7) is 0.0144. The fourth-order valence-corrected chi connectivity index (χ4v) is 1.25. The van der Waals surface area contributed by atoms with Crippen LogP contribution in [0.3, 0.4) is 0 Å². The molecule has 0 aliphatic rings. The minimum absolute atomic E-state index is 0.0783. The highest BCUT2D eigenvalue weighted by Gasteiger charge is 2.08. The van der Waals surface area contributed by atoms with Gasteiger partial charge in [-0.1, -0.05) is 6.07 Å². The van der Waals surface area contributed by atoms with E-state index in [9.17, 15) is 9.59 Å². The van der Waals surface area contributed by atoms with Gasteiger partial charge >= 0.3 is 6.03 Å². The highest BCUT2D eigenvalue weighted by Crippen LogP contribution is 2.12. The molecule has 0 saturated carbocycles. The highest BCUT2D eigenvalue weighted by molar-refractivity contribution is 5.94. The number of carbonyl (C=O) groups is 2. The van der Waals surface area contributed by atoms with Crippen LogP contribution in [0.2, 0.25) is 0 Å². The van der Waals surface area contributed by atoms with Gasteiger partial charge in [0, 0.05) is 12.1 Å². The minimum atomic E-state index is -0.967. The normalized spacial score (nSPS) is 9.67. The number of rotatable bonds is 5. The van der Waals surface area contributed by atoms with Crippen molar-refractivity contribution < 1.29 is 19.5 Å². The maximum Gasteiger partial charge on any atom is 0.338 e. The van der Waals surface area contributed by atoms with Crippen LogP contribution in [0, 0.1) is 0 Å². The Morgan fingerprint density at radius 1 is 1.50 bits per heavy atom. The van der Waals surface area contributed by atoms with Crippen LogP contribution in [-0.4, -0.2) is 42.4 Å². The quantitative estimate of drug-likeness (QED) is 0.514. The number of hydrogen-bond acceptors (Lipinski definition) is 4. The molecule has 18 heavy (non-hydrogen) atoms. The molecule has 98 valence electrons. The Balaban J connectivity index is 2.47. The summed E-state index contributed by atoms with van der Waals surface area (Å²) in [5, 5.41) is 11.8. The second-order valence-electron chi connectivity index (χ2n) is 3.45. The van der Waals surface area contributed by atoms with E-state index in [4.69, 9.17) is 15.7 Å². The van der Waals surface area contributed by atoms with E-state index in [-0.39, 0.29) is 19.0 Å². The van der Waals surface area contributed by atoms with Gasteiger partial charge < -0.3 is 15.8 Å². The lowest BCUT2D eigenvalue weighted by molar-refractivity contribution is -0.0376. The van der Waals surface area contributed by atoms with Gasteiger partial charge in [-0.25, -0.2) is 9.86 Å². The summed E-state index contributed by atoms with van der Waals surface area (Å²) >= 11 is 0. The zero-order valence-electron chi connectivity index (χ0n) is 9.92. The molecule has 0 heterocycles. The van der Waals surface area contributed by atoms with Gasteiger partial charge in [-0.3, -0.25) is 10.0 Å². The topological polar surface area (TPSA) is 105 Å². The van der Waals surface area contributed by atoms with Crippen LogP contribution < -0.4 is 15.8 Å². The molecule has 7 nitrogen and oxygen atoms in total. The molecule has 0 atom stereocenters. The molecule has 0 saturated heterocycles. The molecule has 0 radical (unpaired) electrons. The number of nitrogens with one attached hydrogen (secondary N) is 1. The number of carbonyl (C=O) groups excluding carboxylic acids is 2. The molecule has 0 aromatic heterocycles. The van der Waals surface area contributed by atoms with Crippen LogP contribution in [0.5, 0.6) is 5.75 Å². The fraction of sp³-hybridized carbons (Fsp3) is 0.273. The van der Waals surface area contributed by atoms with Crippen molar-refractivity contribution in [1.82, 2.24) is 10.4 Å². The SMILES string of the molecule is COc1cccc(C(=O)NCCN(O)C(N)=O)c1. The Hall–Kier alpha value is -2.28. The molecule has 1 aromatic carbocycles. The fourth-order valence-electron chi connectivity index (χ4n) is 1.25. The van der Waals surface area contributed by atoms with Gasteiger partial charge in [0.25, 0.3) is 5.91 Å². The van der Waals surface area contributed by atoms with E-state index in [1.807, 2.05) is 0 Å². The van der Waals surface area contributed by atoms with Crippen LogP contribution in [0.25, 0.3) is 0 Å². The third-order valence-electron chi connectivity index (χ3n) is 2.20. The van der Waals surface area contributed by atoms with Crippen molar-refractivity contribution in [3.8, 4) is 5.75 Å². The van der Waals surface area contributed by atoms with Crippen LogP contribution in [0.1, 0.15) is 10.4 Å². The van der Waals surface area contributed by atoms with E-state index in [0.717, 1.165) is 0 Å². The van der Waals surface area contributed by atoms with Crippen molar-refractivity contribution in [1.29, 1.82) is 0 Å². The molecule has 0 aliphatic heterocycles. The first-order valence-corrected chi connectivity index (χ1v) is 5.22. The van der Waals surface area contributed by atoms with Gasteiger partial charge in [-0.05, 0) is 18.2 Å². The van der Waals surface area contributed by atoms with E-state index in [1.54, 1.807) is 24.3 Å². The molecule has 0 aliphatic carbocycles. The Morgan fingerprint density at radius 2 is 2.22 bits per heavy atom. The molecule has 7 heteroatoms. The van der Waals surface area contributed by atoms with Gasteiger partial charge in [0.1, 0.15) is 5.75 Å². The first-order chi connectivity index (χ1) is 8.54. The number of nitrogens with two attached hydrogens (primary N) is 1. The Morgan fingerprint density at radius 3 is 2.83 bits per heavy atom. The minimum Gasteiger partial charge on any atom is -0.497 e. The van der Waals surface area contributed by atoms with E-state index >= 15 is 0 Å². The number of hydrogen-bond donors (Lipinski definition) is 3. The summed E-state index contributed by atoms with van der Waals surface area (Å²) in [6.07, 6.45) is 0. The predicted molar refractivity (Wildman–Crippen MR) is 63.4 cm³/mol. The number of methoxy groups -OCH3 is 1. The van der Waals surface area contributed by atoms with Gasteiger partial charge in [-0.2, -0.15) is 0 Å². The second kappa shape index (κ2) is 6.45. The van der Waals surface area contributed by atoms with Gasteiger partial charge in [0.15, 0.2) is 0 Å². The highest BCUT2D eigenvalue weighted by atomic mass is 16.5. The van der Waals surface area contributed by atoms with Crippen molar-refractivity contribution in [2.75, 3.05) is 20.2 Å². The van der Waals surface area contributed by atoms with Crippen LogP contribution in [0.4, 0.5) is 4.79 Å². The first-order valence-electron chi connectivity index (χ1n) is 5.22. The van der Waals surface area contributed by atoms with Crippen molar-refractivity contribution in [3.63, 3.8) is 0 Å². The molecule has 0 bridgehead atoms. The van der Waals surface area contributed by atoms with E-state index < -0.39 is 6.03 Å². The molecule has 1 aromatic rings. The van der Waals surface area contributed by atoms with Crippen molar-refractivity contribution in [2.45, 2.75) is 0 Å². The Kier molecular flexibility index (Phi) is 4.94. The number of urea groups is 1. The monoisotopic (exact) mass is 253 g/mol. The third kappa shape index (κ3) is 3.95. The van der Waals surface area contributed by atoms with Crippen molar-refractivity contribution in [3.05, 3.63) is 29.8 Å². The predicted octanol–water partition coefficient (Wildman–Crippen LogP) is 0.195. The zero-order valence-corrected chi connectivity index (χ0v) is 9.92. The average molecular weight is 253 g/mol. The largest absolute Gasteiger partial charge is 0.497 e. The van der Waals surface area contributed by atoms with Gasteiger partial charge in [0.05, 0.1) is 13.7 Å². The second-order valence-corrected chi connectivity index (χ2v) is 3.45. The van der Waals surface area contributed by atoms with Gasteiger partial charge in [0.2, 0.25) is 0 Å². The number of amides is 3. The first kappa shape index (κ1) is 13.8. The molecular formula is C11H15N3O4. The van der Waals surface area contributed by atoms with Crippen LogP contribution in [-0.2, 0) is 0 Å². The number of ether oxygens (including phenoxy) is 1.